The maximum Gasteiger partial charge on any atom is 0.338 e. The molecule has 0 unspecified atom stereocenters. The summed E-state index contributed by atoms with van der Waals surface area (Å²) in [6.45, 7) is 5.34. The van der Waals surface area contributed by atoms with Crippen LogP contribution in [0.15, 0.2) is 12.1 Å². The minimum atomic E-state index is -0.277. The fourth-order valence-corrected chi connectivity index (χ4v) is 2.20. The number of carbonyl (C=O) groups excluding carboxylic acids is 1. The van der Waals surface area contributed by atoms with Crippen molar-refractivity contribution in [1.82, 2.24) is 0 Å². The summed E-state index contributed by atoms with van der Waals surface area (Å²) < 4.78 is 10.6. The van der Waals surface area contributed by atoms with Crippen molar-refractivity contribution in [3.05, 3.63) is 28.8 Å². The zero-order valence-electron chi connectivity index (χ0n) is 12.7. The molecule has 0 heterocycles. The van der Waals surface area contributed by atoms with Gasteiger partial charge in [-0.2, -0.15) is 0 Å². The molecule has 0 saturated heterocycles. The monoisotopic (exact) mass is 279 g/mol. The SMILES string of the molecule is CCCc1cc(OCCCCN)cc(C)c1C(=O)OC. The van der Waals surface area contributed by atoms with E-state index in [0.29, 0.717) is 18.7 Å². The first-order valence-corrected chi connectivity index (χ1v) is 7.18. The van der Waals surface area contributed by atoms with Crippen molar-refractivity contribution in [1.29, 1.82) is 0 Å². The zero-order chi connectivity index (χ0) is 15.0. The van der Waals surface area contributed by atoms with Crippen LogP contribution in [0.25, 0.3) is 0 Å². The highest BCUT2D eigenvalue weighted by Crippen LogP contribution is 2.24. The first-order chi connectivity index (χ1) is 9.63. The highest BCUT2D eigenvalue weighted by atomic mass is 16.5. The predicted octanol–water partition coefficient (Wildman–Crippen LogP) is 2.85. The summed E-state index contributed by atoms with van der Waals surface area (Å²) in [6.07, 6.45) is 3.71. The quantitative estimate of drug-likeness (QED) is 0.587. The second-order valence-corrected chi connectivity index (χ2v) is 4.86. The molecule has 0 aliphatic rings. The molecule has 20 heavy (non-hydrogen) atoms. The number of rotatable bonds is 8. The number of carbonyl (C=O) groups is 1. The Hall–Kier alpha value is -1.55. The first-order valence-electron chi connectivity index (χ1n) is 7.18. The molecule has 0 spiro atoms. The third kappa shape index (κ3) is 4.53. The van der Waals surface area contributed by atoms with Gasteiger partial charge in [-0.15, -0.1) is 0 Å². The molecule has 0 fully saturated rings. The van der Waals surface area contributed by atoms with Gasteiger partial charge in [-0.05, 0) is 56.0 Å². The number of unbranched alkanes of at least 4 members (excludes halogenated alkanes) is 1. The standard InChI is InChI=1S/C16H25NO3/c1-4-7-13-11-14(20-9-6-5-8-17)10-12(2)15(13)16(18)19-3/h10-11H,4-9,17H2,1-3H3. The van der Waals surface area contributed by atoms with E-state index in [4.69, 9.17) is 15.2 Å². The third-order valence-corrected chi connectivity index (χ3v) is 3.17. The van der Waals surface area contributed by atoms with Crippen molar-refractivity contribution in [2.24, 2.45) is 5.73 Å². The van der Waals surface area contributed by atoms with Crippen LogP contribution in [0, 0.1) is 6.92 Å². The molecule has 0 atom stereocenters. The maximum absolute atomic E-state index is 11.9. The van der Waals surface area contributed by atoms with Gasteiger partial charge in [-0.25, -0.2) is 4.79 Å². The van der Waals surface area contributed by atoms with Gasteiger partial charge in [-0.1, -0.05) is 13.3 Å². The van der Waals surface area contributed by atoms with E-state index in [0.717, 1.165) is 42.6 Å². The Bertz CT molecular complexity index is 444. The summed E-state index contributed by atoms with van der Waals surface area (Å²) in [7, 11) is 1.41. The van der Waals surface area contributed by atoms with Crippen molar-refractivity contribution in [3.63, 3.8) is 0 Å². The number of methoxy groups -OCH3 is 1. The summed E-state index contributed by atoms with van der Waals surface area (Å²) in [6, 6.07) is 3.85. The second-order valence-electron chi connectivity index (χ2n) is 4.86. The van der Waals surface area contributed by atoms with Gasteiger partial charge in [0.05, 0.1) is 19.3 Å². The second kappa shape index (κ2) is 8.59. The van der Waals surface area contributed by atoms with Crippen LogP contribution >= 0.6 is 0 Å². The molecule has 0 bridgehead atoms. The van der Waals surface area contributed by atoms with Crippen LogP contribution in [0.4, 0.5) is 0 Å². The fraction of sp³-hybridized carbons (Fsp3) is 0.562. The van der Waals surface area contributed by atoms with Crippen LogP contribution in [0.3, 0.4) is 0 Å². The van der Waals surface area contributed by atoms with E-state index < -0.39 is 0 Å². The average Bonchev–Trinajstić information content (AvgIpc) is 2.43. The van der Waals surface area contributed by atoms with Crippen LogP contribution in [0.2, 0.25) is 0 Å². The predicted molar refractivity (Wildman–Crippen MR) is 80.3 cm³/mol. The number of hydrogen-bond acceptors (Lipinski definition) is 4. The average molecular weight is 279 g/mol. The van der Waals surface area contributed by atoms with Crippen LogP contribution in [-0.4, -0.2) is 26.2 Å². The van der Waals surface area contributed by atoms with E-state index in [1.165, 1.54) is 7.11 Å². The van der Waals surface area contributed by atoms with Crippen LogP contribution < -0.4 is 10.5 Å². The summed E-state index contributed by atoms with van der Waals surface area (Å²) >= 11 is 0. The molecule has 1 aromatic carbocycles. The summed E-state index contributed by atoms with van der Waals surface area (Å²) in [4.78, 5) is 11.9. The molecule has 0 radical (unpaired) electrons. The van der Waals surface area contributed by atoms with E-state index in [1.807, 2.05) is 19.1 Å². The van der Waals surface area contributed by atoms with E-state index in [9.17, 15) is 4.79 Å². The van der Waals surface area contributed by atoms with E-state index in [1.54, 1.807) is 0 Å². The lowest BCUT2D eigenvalue weighted by Gasteiger charge is -2.14. The Kier molecular flexibility index (Phi) is 7.09. The number of hydrogen-bond donors (Lipinski definition) is 1. The Morgan fingerprint density at radius 1 is 1.30 bits per heavy atom. The van der Waals surface area contributed by atoms with Gasteiger partial charge in [0.1, 0.15) is 5.75 Å². The lowest BCUT2D eigenvalue weighted by Crippen LogP contribution is -2.10. The van der Waals surface area contributed by atoms with Gasteiger partial charge >= 0.3 is 5.97 Å². The van der Waals surface area contributed by atoms with Crippen molar-refractivity contribution in [3.8, 4) is 5.75 Å². The molecular formula is C16H25NO3. The van der Waals surface area contributed by atoms with Crippen molar-refractivity contribution in [2.45, 2.75) is 39.5 Å². The van der Waals surface area contributed by atoms with Crippen molar-refractivity contribution < 1.29 is 14.3 Å². The molecule has 112 valence electrons. The normalized spacial score (nSPS) is 10.4. The van der Waals surface area contributed by atoms with Crippen molar-refractivity contribution >= 4 is 5.97 Å². The number of aryl methyl sites for hydroxylation is 2. The summed E-state index contributed by atoms with van der Waals surface area (Å²) in [5.41, 5.74) is 8.02. The molecule has 1 rings (SSSR count). The minimum Gasteiger partial charge on any atom is -0.494 e. The molecule has 0 aromatic heterocycles. The summed E-state index contributed by atoms with van der Waals surface area (Å²) in [5, 5.41) is 0. The molecule has 4 heteroatoms. The minimum absolute atomic E-state index is 0.277. The number of nitrogens with two attached hydrogens (primary N) is 1. The molecule has 0 aliphatic heterocycles. The van der Waals surface area contributed by atoms with E-state index in [2.05, 4.69) is 6.92 Å². The lowest BCUT2D eigenvalue weighted by atomic mass is 9.98. The largest absolute Gasteiger partial charge is 0.494 e. The Morgan fingerprint density at radius 2 is 2.05 bits per heavy atom. The molecule has 0 aliphatic carbocycles. The first kappa shape index (κ1) is 16.5. The highest BCUT2D eigenvalue weighted by molar-refractivity contribution is 5.93. The molecule has 2 N–H and O–H groups in total. The van der Waals surface area contributed by atoms with Gasteiger partial charge < -0.3 is 15.2 Å². The molecule has 4 nitrogen and oxygen atoms in total. The fourth-order valence-electron chi connectivity index (χ4n) is 2.20. The number of benzene rings is 1. The van der Waals surface area contributed by atoms with Gasteiger partial charge in [0, 0.05) is 0 Å². The number of ether oxygens (including phenoxy) is 2. The highest BCUT2D eigenvalue weighted by Gasteiger charge is 2.16. The van der Waals surface area contributed by atoms with E-state index in [-0.39, 0.29) is 5.97 Å². The Morgan fingerprint density at radius 3 is 2.65 bits per heavy atom. The maximum atomic E-state index is 11.9. The summed E-state index contributed by atoms with van der Waals surface area (Å²) in [5.74, 6) is 0.538. The van der Waals surface area contributed by atoms with Gasteiger partial charge in [0.25, 0.3) is 0 Å². The van der Waals surface area contributed by atoms with Crippen LogP contribution in [0.5, 0.6) is 5.75 Å². The smallest absolute Gasteiger partial charge is 0.338 e. The van der Waals surface area contributed by atoms with Gasteiger partial charge in [-0.3, -0.25) is 0 Å². The Labute approximate surface area is 121 Å². The molecule has 0 saturated carbocycles. The van der Waals surface area contributed by atoms with Gasteiger partial charge in [0.2, 0.25) is 0 Å². The molecule has 1 aromatic rings. The Balaban J connectivity index is 2.91. The third-order valence-electron chi connectivity index (χ3n) is 3.17. The molecule has 0 amide bonds. The van der Waals surface area contributed by atoms with Gasteiger partial charge in [0.15, 0.2) is 0 Å². The van der Waals surface area contributed by atoms with Crippen molar-refractivity contribution in [2.75, 3.05) is 20.3 Å². The van der Waals surface area contributed by atoms with Crippen LogP contribution in [-0.2, 0) is 11.2 Å². The molecular weight excluding hydrogens is 254 g/mol. The lowest BCUT2D eigenvalue weighted by molar-refractivity contribution is 0.0598. The van der Waals surface area contributed by atoms with Crippen LogP contribution in [0.1, 0.15) is 47.7 Å². The van der Waals surface area contributed by atoms with E-state index >= 15 is 0 Å². The zero-order valence-corrected chi connectivity index (χ0v) is 12.7. The topological polar surface area (TPSA) is 61.5 Å². The number of esters is 1.